The van der Waals surface area contributed by atoms with Gasteiger partial charge in [0.1, 0.15) is 5.04 Å². The molecule has 0 bridgehead atoms. The summed E-state index contributed by atoms with van der Waals surface area (Å²) in [5.74, 6) is -0.283. The van der Waals surface area contributed by atoms with Gasteiger partial charge in [0.05, 0.1) is 24.7 Å². The number of carbonyl (C=O) groups excluding carboxylic acids is 3. The van der Waals surface area contributed by atoms with Crippen LogP contribution >= 0.6 is 23.1 Å². The highest BCUT2D eigenvalue weighted by molar-refractivity contribution is 8.14. The van der Waals surface area contributed by atoms with Gasteiger partial charge < -0.3 is 4.90 Å². The van der Waals surface area contributed by atoms with E-state index in [4.69, 9.17) is 0 Å². The number of hydrogen-bond donors (Lipinski definition) is 0. The molecule has 0 N–H and O–H groups in total. The molecule has 32 heavy (non-hydrogen) atoms. The van der Waals surface area contributed by atoms with Crippen LogP contribution in [0.15, 0.2) is 51.8 Å². The number of amides is 4. The molecule has 1 aromatic carbocycles. The van der Waals surface area contributed by atoms with Crippen LogP contribution in [0.5, 0.6) is 0 Å². The molecule has 3 aliphatic heterocycles. The van der Waals surface area contributed by atoms with Crippen molar-refractivity contribution in [3.63, 3.8) is 0 Å². The summed E-state index contributed by atoms with van der Waals surface area (Å²) in [6, 6.07) is 11.2. The van der Waals surface area contributed by atoms with Crippen LogP contribution in [0, 0.1) is 5.92 Å². The maximum Gasteiger partial charge on any atom is 0.445 e. The number of hydrogen-bond acceptors (Lipinski definition) is 7. The van der Waals surface area contributed by atoms with Gasteiger partial charge in [-0.2, -0.15) is 9.48 Å². The molecular weight excluding hydrogens is 446 g/mol. The number of thioether (sulfide) groups is 1. The molecule has 4 heterocycles. The Labute approximate surface area is 193 Å². The minimum absolute atomic E-state index is 0.0366. The fraction of sp³-hybridized carbons (Fsp3) is 0.273. The summed E-state index contributed by atoms with van der Waals surface area (Å²) >= 11 is 2.72. The Hall–Kier alpha value is -3.11. The second-order valence-electron chi connectivity index (χ2n) is 7.61. The largest absolute Gasteiger partial charge is 0.445 e. The first-order valence-corrected chi connectivity index (χ1v) is 12.0. The molecular formula is C22H20N5O3S2+. The second-order valence-corrected chi connectivity index (χ2v) is 9.55. The van der Waals surface area contributed by atoms with E-state index in [1.54, 1.807) is 11.9 Å². The van der Waals surface area contributed by atoms with E-state index in [1.807, 2.05) is 41.8 Å². The molecule has 1 aromatic heterocycles. The molecule has 2 aromatic rings. The molecule has 3 aliphatic rings. The number of aliphatic imine (C=N–C) groups is 2. The topological polar surface area (TPSA) is 85.4 Å². The molecule has 162 valence electrons. The maximum absolute atomic E-state index is 13.0. The van der Waals surface area contributed by atoms with E-state index in [0.717, 1.165) is 27.4 Å². The highest BCUT2D eigenvalue weighted by Crippen LogP contribution is 2.30. The van der Waals surface area contributed by atoms with Crippen molar-refractivity contribution in [2.24, 2.45) is 15.9 Å². The molecule has 5 rings (SSSR count). The minimum Gasteiger partial charge on any atom is -0.311 e. The SMILES string of the molecule is CN1C(=O)C2C(SCC(=O)N3CCc4ccccc43)=NC(c3cccs3)=NC2=[N+](C)C1=O. The molecule has 0 saturated carbocycles. The Kier molecular flexibility index (Phi) is 5.26. The van der Waals surface area contributed by atoms with Gasteiger partial charge in [0.2, 0.25) is 11.7 Å². The first kappa shape index (κ1) is 20.8. The fourth-order valence-electron chi connectivity index (χ4n) is 4.02. The monoisotopic (exact) mass is 466 g/mol. The zero-order valence-corrected chi connectivity index (χ0v) is 19.2. The van der Waals surface area contributed by atoms with E-state index in [1.165, 1.54) is 34.7 Å². The van der Waals surface area contributed by atoms with E-state index < -0.39 is 11.9 Å². The summed E-state index contributed by atoms with van der Waals surface area (Å²) in [7, 11) is 3.05. The van der Waals surface area contributed by atoms with Crippen molar-refractivity contribution in [2.45, 2.75) is 6.42 Å². The van der Waals surface area contributed by atoms with Gasteiger partial charge in [-0.3, -0.25) is 9.59 Å². The van der Waals surface area contributed by atoms with Gasteiger partial charge in [-0.05, 0) is 29.5 Å². The Balaban J connectivity index is 1.45. The number of imide groups is 1. The number of nitrogens with zero attached hydrogens (tertiary/aromatic N) is 5. The van der Waals surface area contributed by atoms with E-state index in [2.05, 4.69) is 9.98 Å². The molecule has 0 spiro atoms. The summed E-state index contributed by atoms with van der Waals surface area (Å²) < 4.78 is 1.38. The van der Waals surface area contributed by atoms with Crippen molar-refractivity contribution in [1.82, 2.24) is 4.90 Å². The van der Waals surface area contributed by atoms with E-state index in [-0.39, 0.29) is 17.6 Å². The number of para-hydroxylation sites is 1. The molecule has 0 radical (unpaired) electrons. The molecule has 0 fully saturated rings. The first-order valence-electron chi connectivity index (χ1n) is 10.1. The van der Waals surface area contributed by atoms with E-state index >= 15 is 0 Å². The Morgan fingerprint density at radius 1 is 1.22 bits per heavy atom. The highest BCUT2D eigenvalue weighted by Gasteiger charge is 2.49. The van der Waals surface area contributed by atoms with Crippen LogP contribution in [-0.4, -0.2) is 70.4 Å². The van der Waals surface area contributed by atoms with Gasteiger partial charge >= 0.3 is 11.9 Å². The number of carbonyl (C=O) groups is 3. The summed E-state index contributed by atoms with van der Waals surface area (Å²) in [4.78, 5) is 51.4. The summed E-state index contributed by atoms with van der Waals surface area (Å²) in [6.45, 7) is 0.646. The lowest BCUT2D eigenvalue weighted by atomic mass is 10.0. The lowest BCUT2D eigenvalue weighted by Gasteiger charge is -2.26. The van der Waals surface area contributed by atoms with Crippen LogP contribution in [0.25, 0.3) is 0 Å². The molecule has 8 nitrogen and oxygen atoms in total. The van der Waals surface area contributed by atoms with Crippen molar-refractivity contribution in [3.05, 3.63) is 52.2 Å². The standard InChI is InChI=1S/C22H20N5O3S2/c1-25-19-17(21(29)26(2)22(25)30)20(24-18(23-19)15-8-5-11-31-15)32-12-16(28)27-10-9-13-6-3-4-7-14(13)27/h3-8,11,17H,9-10,12H2,1-2H3/q+1. The van der Waals surface area contributed by atoms with Crippen LogP contribution < -0.4 is 4.90 Å². The lowest BCUT2D eigenvalue weighted by molar-refractivity contribution is -0.407. The molecule has 10 heteroatoms. The van der Waals surface area contributed by atoms with Crippen molar-refractivity contribution >= 4 is 63.3 Å². The van der Waals surface area contributed by atoms with Gasteiger partial charge in [0, 0.05) is 12.2 Å². The number of fused-ring (bicyclic) bond motifs is 2. The van der Waals surface area contributed by atoms with Crippen LogP contribution in [0.3, 0.4) is 0 Å². The first-order chi connectivity index (χ1) is 15.5. The number of thiophene rings is 1. The van der Waals surface area contributed by atoms with Gasteiger partial charge in [-0.25, -0.2) is 9.79 Å². The lowest BCUT2D eigenvalue weighted by Crippen LogP contribution is -2.54. The molecule has 0 saturated heterocycles. The number of amidine groups is 2. The fourth-order valence-corrected chi connectivity index (χ4v) is 5.62. The maximum atomic E-state index is 13.0. The van der Waals surface area contributed by atoms with Crippen LogP contribution in [0.4, 0.5) is 10.5 Å². The summed E-state index contributed by atoms with van der Waals surface area (Å²) in [5.41, 5.74) is 2.10. The highest BCUT2D eigenvalue weighted by atomic mass is 32.2. The van der Waals surface area contributed by atoms with Crippen molar-refractivity contribution in [3.8, 4) is 0 Å². The third kappa shape index (κ3) is 3.39. The van der Waals surface area contributed by atoms with Gasteiger partial charge in [-0.1, -0.05) is 41.0 Å². The van der Waals surface area contributed by atoms with Crippen LogP contribution in [0.1, 0.15) is 10.4 Å². The number of anilines is 1. The molecule has 1 atom stereocenters. The van der Waals surface area contributed by atoms with Crippen LogP contribution in [-0.2, 0) is 16.0 Å². The zero-order chi connectivity index (χ0) is 22.4. The Morgan fingerprint density at radius 3 is 2.81 bits per heavy atom. The van der Waals surface area contributed by atoms with E-state index in [0.29, 0.717) is 23.3 Å². The van der Waals surface area contributed by atoms with Gasteiger partial charge in [0.15, 0.2) is 5.92 Å². The van der Waals surface area contributed by atoms with Crippen molar-refractivity contribution in [2.75, 3.05) is 31.3 Å². The Morgan fingerprint density at radius 2 is 2.03 bits per heavy atom. The molecule has 4 amide bonds. The average molecular weight is 467 g/mol. The number of benzene rings is 1. The van der Waals surface area contributed by atoms with Gasteiger partial charge in [-0.15, -0.1) is 11.3 Å². The normalized spacial score (nSPS) is 20.2. The quantitative estimate of drug-likeness (QED) is 0.651. The Bertz CT molecular complexity index is 1230. The van der Waals surface area contributed by atoms with Crippen LogP contribution in [0.2, 0.25) is 0 Å². The van der Waals surface area contributed by atoms with Gasteiger partial charge in [0.25, 0.3) is 5.84 Å². The number of rotatable bonds is 3. The third-order valence-corrected chi connectivity index (χ3v) is 7.59. The molecule has 1 unspecified atom stereocenters. The predicted octanol–water partition coefficient (Wildman–Crippen LogP) is 2.48. The van der Waals surface area contributed by atoms with E-state index in [9.17, 15) is 14.4 Å². The van der Waals surface area contributed by atoms with Crippen molar-refractivity contribution < 1.29 is 19.0 Å². The molecule has 0 aliphatic carbocycles. The average Bonchev–Trinajstić information content (AvgIpc) is 3.49. The summed E-state index contributed by atoms with van der Waals surface area (Å²) in [6.07, 6.45) is 0.833. The smallest absolute Gasteiger partial charge is 0.311 e. The second kappa shape index (κ2) is 8.10. The third-order valence-electron chi connectivity index (χ3n) is 5.71. The van der Waals surface area contributed by atoms with Crippen molar-refractivity contribution in [1.29, 1.82) is 0 Å². The minimum atomic E-state index is -0.796. The predicted molar refractivity (Wildman–Crippen MR) is 126 cm³/mol. The summed E-state index contributed by atoms with van der Waals surface area (Å²) in [5, 5.41) is 2.40. The number of urea groups is 1. The zero-order valence-electron chi connectivity index (χ0n) is 17.5.